The number of allylic oxidation sites excluding steroid dienone is 1. The topological polar surface area (TPSA) is 93.2 Å². The fourth-order valence-corrected chi connectivity index (χ4v) is 6.00. The summed E-state index contributed by atoms with van der Waals surface area (Å²) in [6.45, 7) is 1.96. The summed E-state index contributed by atoms with van der Waals surface area (Å²) in [4.78, 5) is 26.8. The summed E-state index contributed by atoms with van der Waals surface area (Å²) in [7, 11) is -1.83. The Morgan fingerprint density at radius 3 is 2.33 bits per heavy atom. The van der Waals surface area contributed by atoms with Crippen LogP contribution in [0.4, 0.5) is 5.69 Å². The lowest BCUT2D eigenvalue weighted by molar-refractivity contribution is -0.153. The Morgan fingerprint density at radius 2 is 1.78 bits per heavy atom. The molecular formula is C26H32N2O6S2. The highest BCUT2D eigenvalue weighted by Crippen LogP contribution is 2.37. The molecule has 0 spiro atoms. The van der Waals surface area contributed by atoms with Gasteiger partial charge in [-0.25, -0.2) is 5.01 Å². The number of esters is 1. The van der Waals surface area contributed by atoms with Crippen molar-refractivity contribution in [2.24, 2.45) is 5.41 Å². The molecule has 10 heteroatoms. The molecular weight excluding hydrogens is 500 g/mol. The van der Waals surface area contributed by atoms with E-state index in [4.69, 9.17) is 9.47 Å². The van der Waals surface area contributed by atoms with E-state index in [9.17, 15) is 18.0 Å². The third-order valence-electron chi connectivity index (χ3n) is 6.07. The molecule has 8 nitrogen and oxygen atoms in total. The van der Waals surface area contributed by atoms with Crippen LogP contribution in [0, 0.1) is 5.41 Å². The predicted molar refractivity (Wildman–Crippen MR) is 142 cm³/mol. The number of para-hydroxylation sites is 1. The number of amides is 1. The van der Waals surface area contributed by atoms with Crippen LogP contribution in [-0.2, 0) is 18.6 Å². The first-order valence-electron chi connectivity index (χ1n) is 11.7. The highest BCUT2D eigenvalue weighted by molar-refractivity contribution is 8.72. The molecule has 2 aromatic carbocycles. The zero-order valence-electron chi connectivity index (χ0n) is 20.8. The Bertz CT molecular complexity index is 1170. The largest absolute Gasteiger partial charge is 0.497 e. The summed E-state index contributed by atoms with van der Waals surface area (Å²) in [5.74, 6) is -0.307. The van der Waals surface area contributed by atoms with Crippen molar-refractivity contribution in [2.75, 3.05) is 30.9 Å². The van der Waals surface area contributed by atoms with E-state index in [1.54, 1.807) is 61.5 Å². The normalized spacial score (nSPS) is 17.3. The van der Waals surface area contributed by atoms with Crippen molar-refractivity contribution in [2.45, 2.75) is 32.6 Å². The van der Waals surface area contributed by atoms with E-state index in [2.05, 4.69) is 0 Å². The minimum absolute atomic E-state index is 0.0251. The van der Waals surface area contributed by atoms with Crippen LogP contribution in [0.15, 0.2) is 66.7 Å². The molecule has 0 heterocycles. The fraction of sp³-hybridized carbons (Fsp3) is 0.385. The van der Waals surface area contributed by atoms with Crippen LogP contribution in [0.3, 0.4) is 0 Å². The number of hydrogen-bond donors (Lipinski definition) is 0. The monoisotopic (exact) mass is 532 g/mol. The van der Waals surface area contributed by atoms with E-state index in [1.807, 2.05) is 12.2 Å². The molecule has 1 unspecified atom stereocenters. The average molecular weight is 533 g/mol. The Hall–Kier alpha value is -2.98. The molecule has 36 heavy (non-hydrogen) atoms. The highest BCUT2D eigenvalue weighted by atomic mass is 33.1. The highest BCUT2D eigenvalue weighted by Gasteiger charge is 2.41. The van der Waals surface area contributed by atoms with Gasteiger partial charge in [0.05, 0.1) is 24.8 Å². The predicted octanol–water partition coefficient (Wildman–Crippen LogP) is 4.85. The number of methoxy groups -OCH3 is 1. The van der Waals surface area contributed by atoms with Crippen molar-refractivity contribution in [3.8, 4) is 5.75 Å². The number of hydrazine groups is 1. The molecule has 0 saturated heterocycles. The first kappa shape index (κ1) is 27.6. The number of ether oxygens (including phenoxy) is 2. The third kappa shape index (κ3) is 6.22. The fourth-order valence-electron chi connectivity index (χ4n) is 4.16. The number of hydrogen-bond acceptors (Lipinski definition) is 7. The van der Waals surface area contributed by atoms with Crippen LogP contribution in [-0.4, -0.2) is 51.8 Å². The lowest BCUT2D eigenvalue weighted by Gasteiger charge is -2.38. The second-order valence-corrected chi connectivity index (χ2v) is 12.1. The number of carbonyl (C=O) groups excluding carboxylic acids is 2. The van der Waals surface area contributed by atoms with E-state index in [0.717, 1.165) is 17.3 Å². The first-order valence-corrected chi connectivity index (χ1v) is 14.9. The maximum atomic E-state index is 13.8. The zero-order valence-corrected chi connectivity index (χ0v) is 22.4. The van der Waals surface area contributed by atoms with Gasteiger partial charge in [0.15, 0.2) is 0 Å². The van der Waals surface area contributed by atoms with Gasteiger partial charge in [0.1, 0.15) is 5.75 Å². The molecule has 0 fully saturated rings. The van der Waals surface area contributed by atoms with Gasteiger partial charge in [0, 0.05) is 12.1 Å². The van der Waals surface area contributed by atoms with Crippen LogP contribution in [0.1, 0.15) is 43.0 Å². The lowest BCUT2D eigenvalue weighted by Crippen LogP contribution is -2.51. The second kappa shape index (κ2) is 12.3. The summed E-state index contributed by atoms with van der Waals surface area (Å²) >= 11 is 0. The van der Waals surface area contributed by atoms with E-state index < -0.39 is 20.4 Å². The Morgan fingerprint density at radius 1 is 1.08 bits per heavy atom. The van der Waals surface area contributed by atoms with Crippen LogP contribution >= 0.6 is 10.8 Å². The van der Waals surface area contributed by atoms with Gasteiger partial charge in [0.25, 0.3) is 5.91 Å². The summed E-state index contributed by atoms with van der Waals surface area (Å²) in [6.07, 6.45) is 7.67. The number of benzene rings is 2. The van der Waals surface area contributed by atoms with Crippen molar-refractivity contribution in [1.29, 1.82) is 0 Å². The molecule has 194 valence electrons. The molecule has 0 radical (unpaired) electrons. The summed E-state index contributed by atoms with van der Waals surface area (Å²) in [5.41, 5.74) is -0.325. The van der Waals surface area contributed by atoms with Crippen LogP contribution in [0.5, 0.6) is 5.75 Å². The molecule has 1 aliphatic rings. The van der Waals surface area contributed by atoms with Gasteiger partial charge in [-0.2, -0.15) is 12.8 Å². The van der Waals surface area contributed by atoms with E-state index >= 15 is 0 Å². The number of nitrogens with zero attached hydrogens (tertiary/aromatic N) is 2. The smallest absolute Gasteiger partial charge is 0.315 e. The molecule has 0 aliphatic heterocycles. The molecule has 1 atom stereocenters. The van der Waals surface area contributed by atoms with Gasteiger partial charge in [-0.3, -0.25) is 9.59 Å². The van der Waals surface area contributed by atoms with Crippen molar-refractivity contribution in [3.05, 3.63) is 72.3 Å². The zero-order chi connectivity index (χ0) is 26.2. The van der Waals surface area contributed by atoms with Crippen LogP contribution in [0.25, 0.3) is 0 Å². The van der Waals surface area contributed by atoms with Crippen molar-refractivity contribution in [1.82, 2.24) is 5.01 Å². The minimum atomic E-state index is -3.99. The maximum Gasteiger partial charge on any atom is 0.315 e. The van der Waals surface area contributed by atoms with Crippen molar-refractivity contribution < 1.29 is 27.5 Å². The Balaban J connectivity index is 2.07. The van der Waals surface area contributed by atoms with Crippen LogP contribution < -0.4 is 9.15 Å². The van der Waals surface area contributed by atoms with E-state index in [-0.39, 0.29) is 31.1 Å². The van der Waals surface area contributed by atoms with Gasteiger partial charge in [-0.1, -0.05) is 30.4 Å². The molecule has 0 N–H and O–H groups in total. The van der Waals surface area contributed by atoms with Gasteiger partial charge in [0.2, 0.25) is 0 Å². The number of anilines is 1. The molecule has 2 aromatic rings. The number of carbonyl (C=O) groups is 2. The molecule has 3 rings (SSSR count). The van der Waals surface area contributed by atoms with Gasteiger partial charge >= 0.3 is 15.0 Å². The average Bonchev–Trinajstić information content (AvgIpc) is 2.91. The summed E-state index contributed by atoms with van der Waals surface area (Å²) < 4.78 is 38.2. The van der Waals surface area contributed by atoms with Gasteiger partial charge < -0.3 is 9.47 Å². The van der Waals surface area contributed by atoms with Crippen molar-refractivity contribution >= 4 is 37.4 Å². The molecule has 1 amide bonds. The maximum absolute atomic E-state index is 13.8. The second-order valence-electron chi connectivity index (χ2n) is 8.28. The summed E-state index contributed by atoms with van der Waals surface area (Å²) in [6, 6.07) is 14.9. The quantitative estimate of drug-likeness (QED) is 0.177. The Labute approximate surface area is 216 Å². The molecule has 0 saturated carbocycles. The SMILES string of the molecule is CCOC(=O)C1(CCN(C(=O)c2ccc(OC)cc2)N(c2ccccc2)S(=O)(=O)SC)C=CCCC1. The summed E-state index contributed by atoms with van der Waals surface area (Å²) in [5, 5.41) is 1.20. The molecule has 1 aliphatic carbocycles. The molecule has 0 bridgehead atoms. The van der Waals surface area contributed by atoms with Gasteiger partial charge in [-0.15, -0.1) is 0 Å². The molecule has 0 aromatic heterocycles. The number of rotatable bonds is 11. The minimum Gasteiger partial charge on any atom is -0.497 e. The van der Waals surface area contributed by atoms with E-state index in [0.29, 0.717) is 28.7 Å². The van der Waals surface area contributed by atoms with Crippen molar-refractivity contribution in [3.63, 3.8) is 0 Å². The first-order chi connectivity index (χ1) is 17.3. The van der Waals surface area contributed by atoms with Crippen LogP contribution in [0.2, 0.25) is 0 Å². The third-order valence-corrected chi connectivity index (χ3v) is 9.01. The van der Waals surface area contributed by atoms with Gasteiger partial charge in [-0.05, 0) is 86.1 Å². The van der Waals surface area contributed by atoms with E-state index in [1.165, 1.54) is 18.4 Å². The standard InChI is InChI=1S/C26H32N2O6S2/c1-4-34-25(30)26(17-9-6-10-18-26)19-20-27(24(29)21-13-15-23(33-2)16-14-21)28(36(31,32)35-3)22-11-7-5-8-12-22/h5,7-9,11-17H,4,6,10,18-20H2,1-3H3. The lowest BCUT2D eigenvalue weighted by atomic mass is 9.76. The Kier molecular flexibility index (Phi) is 9.44.